The Morgan fingerprint density at radius 3 is 2.40 bits per heavy atom. The Hall–Kier alpha value is -2.29. The highest BCUT2D eigenvalue weighted by atomic mass is 16.5. The van der Waals surface area contributed by atoms with Crippen LogP contribution in [0.2, 0.25) is 0 Å². The molecule has 0 aliphatic rings. The van der Waals surface area contributed by atoms with Crippen molar-refractivity contribution in [1.82, 2.24) is 0 Å². The molecule has 0 saturated heterocycles. The van der Waals surface area contributed by atoms with Gasteiger partial charge in [0, 0.05) is 5.56 Å². The lowest BCUT2D eigenvalue weighted by molar-refractivity contribution is 0.0694. The number of hydrogen-bond acceptors (Lipinski definition) is 2. The van der Waals surface area contributed by atoms with Crippen molar-refractivity contribution in [2.75, 3.05) is 0 Å². The van der Waals surface area contributed by atoms with Crippen LogP contribution in [0.3, 0.4) is 0 Å². The van der Waals surface area contributed by atoms with Crippen molar-refractivity contribution >= 4 is 5.97 Å². The highest BCUT2D eigenvalue weighted by Gasteiger charge is 2.10. The molecule has 0 amide bonds. The number of aryl methyl sites for hydroxylation is 1. The van der Waals surface area contributed by atoms with Crippen LogP contribution in [0.4, 0.5) is 0 Å². The van der Waals surface area contributed by atoms with Crippen LogP contribution in [0.15, 0.2) is 48.5 Å². The fourth-order valence-corrected chi connectivity index (χ4v) is 2.13. The van der Waals surface area contributed by atoms with E-state index < -0.39 is 5.97 Å². The van der Waals surface area contributed by atoms with Crippen molar-refractivity contribution in [2.45, 2.75) is 26.4 Å². The van der Waals surface area contributed by atoms with Gasteiger partial charge >= 0.3 is 5.97 Å². The predicted molar refractivity (Wildman–Crippen MR) is 78.2 cm³/mol. The van der Waals surface area contributed by atoms with Gasteiger partial charge in [-0.05, 0) is 24.1 Å². The first-order valence-corrected chi connectivity index (χ1v) is 6.74. The van der Waals surface area contributed by atoms with Crippen molar-refractivity contribution < 1.29 is 14.6 Å². The molecule has 0 saturated carbocycles. The van der Waals surface area contributed by atoms with Gasteiger partial charge in [0.1, 0.15) is 12.4 Å². The standard InChI is InChI=1S/C17H18O3/c1-2-7-13-8-4-6-11-16(13)20-12-14-9-3-5-10-15(14)17(18)19/h3-6,8-11H,2,7,12H2,1H3,(H,18,19). The molecule has 3 nitrogen and oxygen atoms in total. The molecule has 2 rings (SSSR count). The van der Waals surface area contributed by atoms with E-state index in [0.717, 1.165) is 24.2 Å². The third kappa shape index (κ3) is 3.38. The average molecular weight is 270 g/mol. The first-order chi connectivity index (χ1) is 9.72. The molecule has 104 valence electrons. The number of hydrogen-bond donors (Lipinski definition) is 1. The maximum atomic E-state index is 11.1. The Kier molecular flexibility index (Phi) is 4.77. The second-order valence-corrected chi connectivity index (χ2v) is 4.61. The van der Waals surface area contributed by atoms with Gasteiger partial charge in [-0.15, -0.1) is 0 Å². The summed E-state index contributed by atoms with van der Waals surface area (Å²) in [5.74, 6) is -0.0967. The molecule has 0 fully saturated rings. The molecule has 0 aliphatic heterocycles. The van der Waals surface area contributed by atoms with Crippen LogP contribution in [0.5, 0.6) is 5.75 Å². The number of benzene rings is 2. The Balaban J connectivity index is 2.15. The lowest BCUT2D eigenvalue weighted by atomic mass is 10.1. The Morgan fingerprint density at radius 1 is 1.05 bits per heavy atom. The molecule has 0 unspecified atom stereocenters. The minimum atomic E-state index is -0.925. The highest BCUT2D eigenvalue weighted by Crippen LogP contribution is 2.21. The third-order valence-electron chi connectivity index (χ3n) is 3.12. The largest absolute Gasteiger partial charge is 0.489 e. The van der Waals surface area contributed by atoms with Crippen LogP contribution in [0, 0.1) is 0 Å². The predicted octanol–water partition coefficient (Wildman–Crippen LogP) is 3.92. The van der Waals surface area contributed by atoms with E-state index in [9.17, 15) is 4.79 Å². The van der Waals surface area contributed by atoms with Gasteiger partial charge in [-0.1, -0.05) is 49.7 Å². The van der Waals surface area contributed by atoms with Crippen molar-refractivity contribution in [3.8, 4) is 5.75 Å². The maximum Gasteiger partial charge on any atom is 0.336 e. The molecule has 0 heterocycles. The van der Waals surface area contributed by atoms with Crippen molar-refractivity contribution in [2.24, 2.45) is 0 Å². The van der Waals surface area contributed by atoms with Gasteiger partial charge in [-0.2, -0.15) is 0 Å². The summed E-state index contributed by atoms with van der Waals surface area (Å²) in [4.78, 5) is 11.1. The molecule has 3 heteroatoms. The molecule has 1 N–H and O–H groups in total. The van der Waals surface area contributed by atoms with Crippen LogP contribution < -0.4 is 4.74 Å². The third-order valence-corrected chi connectivity index (χ3v) is 3.12. The van der Waals surface area contributed by atoms with Gasteiger partial charge in [0.15, 0.2) is 0 Å². The minimum absolute atomic E-state index is 0.267. The molecule has 2 aromatic rings. The molecule has 0 bridgehead atoms. The number of para-hydroxylation sites is 1. The highest BCUT2D eigenvalue weighted by molar-refractivity contribution is 5.89. The summed E-state index contributed by atoms with van der Waals surface area (Å²) in [5.41, 5.74) is 2.13. The number of carboxylic acid groups (broad SMARTS) is 1. The van der Waals surface area contributed by atoms with E-state index in [1.807, 2.05) is 30.3 Å². The zero-order chi connectivity index (χ0) is 14.4. The quantitative estimate of drug-likeness (QED) is 0.865. The lowest BCUT2D eigenvalue weighted by Gasteiger charge is -2.12. The minimum Gasteiger partial charge on any atom is -0.489 e. The van der Waals surface area contributed by atoms with E-state index in [4.69, 9.17) is 9.84 Å². The second kappa shape index (κ2) is 6.75. The SMILES string of the molecule is CCCc1ccccc1OCc1ccccc1C(=O)O. The van der Waals surface area contributed by atoms with E-state index in [-0.39, 0.29) is 6.61 Å². The summed E-state index contributed by atoms with van der Waals surface area (Å²) < 4.78 is 5.80. The maximum absolute atomic E-state index is 11.1. The molecule has 2 aromatic carbocycles. The van der Waals surface area contributed by atoms with Crippen LogP contribution >= 0.6 is 0 Å². The van der Waals surface area contributed by atoms with Crippen LogP contribution in [0.1, 0.15) is 34.8 Å². The van der Waals surface area contributed by atoms with E-state index >= 15 is 0 Å². The first-order valence-electron chi connectivity index (χ1n) is 6.74. The number of rotatable bonds is 6. The van der Waals surface area contributed by atoms with Gasteiger partial charge < -0.3 is 9.84 Å². The lowest BCUT2D eigenvalue weighted by Crippen LogP contribution is -2.06. The molecular formula is C17H18O3. The number of aromatic carboxylic acids is 1. The summed E-state index contributed by atoms with van der Waals surface area (Å²) >= 11 is 0. The van der Waals surface area contributed by atoms with E-state index in [1.165, 1.54) is 0 Å². The summed E-state index contributed by atoms with van der Waals surface area (Å²) in [6, 6.07) is 14.8. The summed E-state index contributed by atoms with van der Waals surface area (Å²) in [5, 5.41) is 9.15. The number of ether oxygens (including phenoxy) is 1. The van der Waals surface area contributed by atoms with Crippen LogP contribution in [-0.4, -0.2) is 11.1 Å². The fourth-order valence-electron chi connectivity index (χ4n) is 2.13. The van der Waals surface area contributed by atoms with E-state index in [1.54, 1.807) is 18.2 Å². The van der Waals surface area contributed by atoms with E-state index in [2.05, 4.69) is 6.92 Å². The van der Waals surface area contributed by atoms with Gasteiger partial charge in [0.25, 0.3) is 0 Å². The number of carboxylic acids is 1. The van der Waals surface area contributed by atoms with Gasteiger partial charge in [0.05, 0.1) is 5.56 Å². The van der Waals surface area contributed by atoms with Crippen molar-refractivity contribution in [1.29, 1.82) is 0 Å². The average Bonchev–Trinajstić information content (AvgIpc) is 2.47. The van der Waals surface area contributed by atoms with Crippen molar-refractivity contribution in [3.05, 3.63) is 65.2 Å². The Morgan fingerprint density at radius 2 is 1.70 bits per heavy atom. The summed E-state index contributed by atoms with van der Waals surface area (Å²) in [6.07, 6.45) is 2.00. The smallest absolute Gasteiger partial charge is 0.336 e. The van der Waals surface area contributed by atoms with E-state index in [0.29, 0.717) is 11.1 Å². The summed E-state index contributed by atoms with van der Waals surface area (Å²) in [7, 11) is 0. The Bertz CT molecular complexity index is 590. The normalized spacial score (nSPS) is 10.2. The Labute approximate surface area is 118 Å². The van der Waals surface area contributed by atoms with Crippen molar-refractivity contribution in [3.63, 3.8) is 0 Å². The van der Waals surface area contributed by atoms with Gasteiger partial charge in [0.2, 0.25) is 0 Å². The molecule has 20 heavy (non-hydrogen) atoms. The molecular weight excluding hydrogens is 252 g/mol. The molecule has 0 radical (unpaired) electrons. The van der Waals surface area contributed by atoms with Gasteiger partial charge in [-0.25, -0.2) is 4.79 Å². The summed E-state index contributed by atoms with van der Waals surface area (Å²) in [6.45, 7) is 2.39. The molecule has 0 atom stereocenters. The molecule has 0 spiro atoms. The van der Waals surface area contributed by atoms with Gasteiger partial charge in [-0.3, -0.25) is 0 Å². The number of carbonyl (C=O) groups is 1. The first kappa shape index (κ1) is 14.1. The van der Waals surface area contributed by atoms with Crippen LogP contribution in [-0.2, 0) is 13.0 Å². The zero-order valence-corrected chi connectivity index (χ0v) is 11.5. The molecule has 0 aliphatic carbocycles. The zero-order valence-electron chi connectivity index (χ0n) is 11.5. The molecule has 0 aromatic heterocycles. The van der Waals surface area contributed by atoms with Crippen LogP contribution in [0.25, 0.3) is 0 Å². The fraction of sp³-hybridized carbons (Fsp3) is 0.235. The second-order valence-electron chi connectivity index (χ2n) is 4.61. The topological polar surface area (TPSA) is 46.5 Å². The monoisotopic (exact) mass is 270 g/mol.